The van der Waals surface area contributed by atoms with Gasteiger partial charge in [-0.3, -0.25) is 0 Å². The van der Waals surface area contributed by atoms with Crippen molar-refractivity contribution in [2.24, 2.45) is 0 Å². The average molecular weight is 428 g/mol. The molecule has 0 amide bonds. The number of hydrogen-bond acceptors (Lipinski definition) is 3. The number of hydrogen-bond donors (Lipinski definition) is 0. The van der Waals surface area contributed by atoms with Crippen molar-refractivity contribution in [1.29, 1.82) is 0 Å². The molecular weight excluding hydrogens is 408 g/mol. The molecule has 33 heavy (non-hydrogen) atoms. The van der Waals surface area contributed by atoms with Gasteiger partial charge in [0.2, 0.25) is 0 Å². The lowest BCUT2D eigenvalue weighted by Gasteiger charge is -2.03. The molecule has 0 aliphatic heterocycles. The van der Waals surface area contributed by atoms with Crippen molar-refractivity contribution in [2.75, 3.05) is 0 Å². The lowest BCUT2D eigenvalue weighted by molar-refractivity contribution is 0.604. The maximum absolute atomic E-state index is 5.93. The van der Waals surface area contributed by atoms with Gasteiger partial charge < -0.3 is 8.83 Å². The predicted molar refractivity (Wildman–Crippen MR) is 134 cm³/mol. The van der Waals surface area contributed by atoms with Crippen LogP contribution in [0.25, 0.3) is 51.9 Å². The molecule has 6 aromatic rings. The first-order chi connectivity index (χ1) is 16.3. The first kappa shape index (κ1) is 19.1. The molecule has 3 aromatic carbocycles. The molecule has 0 radical (unpaired) electrons. The highest BCUT2D eigenvalue weighted by Crippen LogP contribution is 2.23. The van der Waals surface area contributed by atoms with E-state index in [-0.39, 0.29) is 0 Å². The minimum atomic E-state index is 0.796. The van der Waals surface area contributed by atoms with E-state index in [1.807, 2.05) is 126 Å². The highest BCUT2D eigenvalue weighted by atomic mass is 16.3. The smallest absolute Gasteiger partial charge is 0.134 e. The third-order valence-corrected chi connectivity index (χ3v) is 5.48. The highest BCUT2D eigenvalue weighted by Gasteiger charge is 2.08. The maximum Gasteiger partial charge on any atom is 0.134 e. The summed E-state index contributed by atoms with van der Waals surface area (Å²) < 4.78 is 13.8. The molecule has 3 aromatic heterocycles. The van der Waals surface area contributed by atoms with Gasteiger partial charge in [-0.2, -0.15) is 5.10 Å². The first-order valence-electron chi connectivity index (χ1n) is 10.8. The second-order valence-corrected chi connectivity index (χ2v) is 7.78. The van der Waals surface area contributed by atoms with Crippen molar-refractivity contribution in [3.63, 3.8) is 0 Å². The molecule has 4 heteroatoms. The summed E-state index contributed by atoms with van der Waals surface area (Å²) in [6, 6.07) is 32.2. The van der Waals surface area contributed by atoms with E-state index in [0.29, 0.717) is 0 Å². The summed E-state index contributed by atoms with van der Waals surface area (Å²) in [7, 11) is 0. The third-order valence-electron chi connectivity index (χ3n) is 5.48. The summed E-state index contributed by atoms with van der Waals surface area (Å²) in [6.45, 7) is 0. The number of rotatable bonds is 5. The largest absolute Gasteiger partial charge is 0.457 e. The molecule has 0 saturated carbocycles. The number of furan rings is 2. The number of fused-ring (bicyclic) bond motifs is 2. The molecule has 0 atom stereocenters. The van der Waals surface area contributed by atoms with E-state index in [0.717, 1.165) is 50.5 Å². The highest BCUT2D eigenvalue weighted by molar-refractivity contribution is 5.83. The zero-order chi connectivity index (χ0) is 22.0. The zero-order valence-electron chi connectivity index (χ0n) is 17.8. The van der Waals surface area contributed by atoms with Gasteiger partial charge in [-0.25, -0.2) is 4.68 Å². The van der Waals surface area contributed by atoms with Gasteiger partial charge in [-0.15, -0.1) is 0 Å². The second kappa shape index (κ2) is 8.17. The molecule has 4 nitrogen and oxygen atoms in total. The van der Waals surface area contributed by atoms with Gasteiger partial charge in [0, 0.05) is 10.8 Å². The van der Waals surface area contributed by atoms with E-state index < -0.39 is 0 Å². The summed E-state index contributed by atoms with van der Waals surface area (Å²) in [5, 5.41) is 6.98. The quantitative estimate of drug-likeness (QED) is 0.282. The molecule has 0 spiro atoms. The molecule has 0 fully saturated rings. The number of nitrogens with zero attached hydrogens (tertiary/aromatic N) is 2. The van der Waals surface area contributed by atoms with Gasteiger partial charge in [0.15, 0.2) is 0 Å². The van der Waals surface area contributed by atoms with E-state index in [9.17, 15) is 0 Å². The van der Waals surface area contributed by atoms with Crippen molar-refractivity contribution in [3.8, 4) is 5.69 Å². The number of benzene rings is 3. The van der Waals surface area contributed by atoms with E-state index in [2.05, 4.69) is 0 Å². The Kier molecular flexibility index (Phi) is 4.74. The maximum atomic E-state index is 5.93. The fourth-order valence-electron chi connectivity index (χ4n) is 3.90. The molecule has 0 saturated heterocycles. The van der Waals surface area contributed by atoms with Crippen molar-refractivity contribution in [3.05, 3.63) is 120 Å². The normalized spacial score (nSPS) is 12.0. The standard InChI is InChI=1S/C29H20N2O2/c1-2-10-24(11-3-1)31-25(15-17-27-19-22-9-5-7-13-29(22)33-27)20-23(30-31)14-16-26-18-21-8-4-6-12-28(21)32-26/h1-20H/b16-14+,17-15+. The Morgan fingerprint density at radius 2 is 1.15 bits per heavy atom. The fraction of sp³-hybridized carbons (Fsp3) is 0. The topological polar surface area (TPSA) is 44.1 Å². The Morgan fingerprint density at radius 3 is 1.79 bits per heavy atom. The van der Waals surface area contributed by atoms with Crippen LogP contribution in [-0.2, 0) is 0 Å². The average Bonchev–Trinajstić information content (AvgIpc) is 3.57. The molecular formula is C29H20N2O2. The summed E-state index contributed by atoms with van der Waals surface area (Å²) in [4.78, 5) is 0. The van der Waals surface area contributed by atoms with Gasteiger partial charge in [-0.05, 0) is 66.8 Å². The Hall–Kier alpha value is -4.57. The van der Waals surface area contributed by atoms with Crippen LogP contribution in [-0.4, -0.2) is 9.78 Å². The van der Waals surface area contributed by atoms with Crippen LogP contribution in [0.4, 0.5) is 0 Å². The molecule has 6 rings (SSSR count). The summed E-state index contributed by atoms with van der Waals surface area (Å²) in [5.74, 6) is 1.60. The second-order valence-electron chi connectivity index (χ2n) is 7.78. The molecule has 3 heterocycles. The van der Waals surface area contributed by atoms with Crippen LogP contribution in [0, 0.1) is 0 Å². The van der Waals surface area contributed by atoms with E-state index in [1.165, 1.54) is 0 Å². The Morgan fingerprint density at radius 1 is 0.576 bits per heavy atom. The molecule has 158 valence electrons. The van der Waals surface area contributed by atoms with Crippen LogP contribution in [0.5, 0.6) is 0 Å². The van der Waals surface area contributed by atoms with Gasteiger partial charge in [-0.1, -0.05) is 54.6 Å². The molecule has 0 aliphatic carbocycles. The number of para-hydroxylation sites is 3. The van der Waals surface area contributed by atoms with Gasteiger partial charge >= 0.3 is 0 Å². The summed E-state index contributed by atoms with van der Waals surface area (Å²) in [6.07, 6.45) is 7.92. The van der Waals surface area contributed by atoms with E-state index >= 15 is 0 Å². The van der Waals surface area contributed by atoms with Crippen molar-refractivity contribution in [1.82, 2.24) is 9.78 Å². The third kappa shape index (κ3) is 3.90. The van der Waals surface area contributed by atoms with Crippen LogP contribution >= 0.6 is 0 Å². The van der Waals surface area contributed by atoms with Crippen molar-refractivity contribution >= 4 is 46.2 Å². The van der Waals surface area contributed by atoms with Gasteiger partial charge in [0.05, 0.1) is 17.1 Å². The van der Waals surface area contributed by atoms with Crippen molar-refractivity contribution < 1.29 is 8.83 Å². The zero-order valence-corrected chi connectivity index (χ0v) is 17.8. The van der Waals surface area contributed by atoms with Gasteiger partial charge in [0.25, 0.3) is 0 Å². The van der Waals surface area contributed by atoms with E-state index in [1.54, 1.807) is 0 Å². The molecule has 0 N–H and O–H groups in total. The predicted octanol–water partition coefficient (Wildman–Crippen LogP) is 7.71. The fourth-order valence-corrected chi connectivity index (χ4v) is 3.90. The lowest BCUT2D eigenvalue weighted by atomic mass is 10.2. The Balaban J connectivity index is 1.35. The van der Waals surface area contributed by atoms with Crippen LogP contribution in [0.1, 0.15) is 22.9 Å². The van der Waals surface area contributed by atoms with Crippen LogP contribution < -0.4 is 0 Å². The Bertz CT molecular complexity index is 1550. The Labute approximate surface area is 190 Å². The minimum absolute atomic E-state index is 0.796. The summed E-state index contributed by atoms with van der Waals surface area (Å²) in [5.41, 5.74) is 4.53. The monoisotopic (exact) mass is 428 g/mol. The van der Waals surface area contributed by atoms with Gasteiger partial charge in [0.1, 0.15) is 22.7 Å². The minimum Gasteiger partial charge on any atom is -0.457 e. The number of aromatic nitrogens is 2. The first-order valence-corrected chi connectivity index (χ1v) is 10.8. The summed E-state index contributed by atoms with van der Waals surface area (Å²) >= 11 is 0. The molecule has 0 aliphatic rings. The van der Waals surface area contributed by atoms with E-state index in [4.69, 9.17) is 13.9 Å². The molecule has 0 unspecified atom stereocenters. The van der Waals surface area contributed by atoms with Crippen molar-refractivity contribution in [2.45, 2.75) is 0 Å². The lowest BCUT2D eigenvalue weighted by Crippen LogP contribution is -1.98. The SMILES string of the molecule is C(=C\c1cc2ccccc2o1)/c1cc(/C=C/c2cc3ccccc3o2)n(-c2ccccc2)n1. The van der Waals surface area contributed by atoms with Crippen LogP contribution in [0.3, 0.4) is 0 Å². The molecule has 0 bridgehead atoms. The van der Waals surface area contributed by atoms with Crippen LogP contribution in [0.2, 0.25) is 0 Å². The van der Waals surface area contributed by atoms with Crippen LogP contribution in [0.15, 0.2) is 106 Å².